The first-order valence-electron chi connectivity index (χ1n) is 15.6. The second kappa shape index (κ2) is 10.6. The third kappa shape index (κ3) is 4.49. The topological polar surface area (TPSA) is 63.7 Å². The van der Waals surface area contributed by atoms with Gasteiger partial charge in [-0.25, -0.2) is 0 Å². The van der Waals surface area contributed by atoms with Gasteiger partial charge in [-0.1, -0.05) is 37.5 Å². The number of nitrogens with zero attached hydrogens (tertiary/aromatic N) is 1. The van der Waals surface area contributed by atoms with Crippen LogP contribution in [0.15, 0.2) is 47.1 Å². The molecule has 1 saturated heterocycles. The first kappa shape index (κ1) is 28.0. The van der Waals surface area contributed by atoms with E-state index in [2.05, 4.69) is 54.9 Å². The van der Waals surface area contributed by atoms with E-state index in [4.69, 9.17) is 4.74 Å². The molecule has 0 radical (unpaired) electrons. The van der Waals surface area contributed by atoms with E-state index in [0.29, 0.717) is 30.6 Å². The number of hydrogen-bond acceptors (Lipinski definition) is 5. The van der Waals surface area contributed by atoms with Gasteiger partial charge in [0, 0.05) is 38.0 Å². The molecular weight excluding hydrogens is 510 g/mol. The zero-order valence-corrected chi connectivity index (χ0v) is 25.1. The molecule has 5 nitrogen and oxygen atoms in total. The minimum atomic E-state index is -0.840. The molecule has 0 spiro atoms. The molecule has 0 bridgehead atoms. The van der Waals surface area contributed by atoms with E-state index in [-0.39, 0.29) is 29.5 Å². The van der Waals surface area contributed by atoms with E-state index in [1.807, 2.05) is 13.0 Å². The Morgan fingerprint density at radius 1 is 1.12 bits per heavy atom. The summed E-state index contributed by atoms with van der Waals surface area (Å²) < 4.78 is 5.28. The van der Waals surface area contributed by atoms with Gasteiger partial charge in [0.1, 0.15) is 0 Å². The number of carbonyl (C=O) groups is 3. The van der Waals surface area contributed by atoms with Crippen molar-refractivity contribution >= 4 is 23.2 Å². The number of esters is 1. The number of anilines is 1. The lowest BCUT2D eigenvalue weighted by Gasteiger charge is -2.55. The largest absolute Gasteiger partial charge is 0.458 e. The van der Waals surface area contributed by atoms with Gasteiger partial charge in [0.2, 0.25) is 0 Å². The van der Waals surface area contributed by atoms with E-state index in [9.17, 15) is 14.4 Å². The molecule has 5 aliphatic rings. The van der Waals surface area contributed by atoms with Crippen molar-refractivity contribution in [1.29, 1.82) is 0 Å². The smallest absolute Gasteiger partial charge is 0.303 e. The minimum absolute atomic E-state index is 0.0565. The summed E-state index contributed by atoms with van der Waals surface area (Å²) in [6.45, 7) is 9.76. The van der Waals surface area contributed by atoms with Crippen LogP contribution >= 0.6 is 0 Å². The molecule has 0 aromatic heterocycles. The van der Waals surface area contributed by atoms with Crippen molar-refractivity contribution in [2.24, 2.45) is 28.6 Å². The molecule has 1 aromatic rings. The summed E-state index contributed by atoms with van der Waals surface area (Å²) in [6.07, 6.45) is 9.27. The monoisotopic (exact) mass is 553 g/mol. The van der Waals surface area contributed by atoms with Gasteiger partial charge in [-0.05, 0) is 110 Å². The molecule has 216 valence electrons. The van der Waals surface area contributed by atoms with Crippen LogP contribution in [0.25, 0.3) is 0 Å². The predicted octanol–water partition coefficient (Wildman–Crippen LogP) is 6.57. The number of Topliss-reactive ketones (excluding diaryl/α,β-unsaturated/α-hetero) is 1. The summed E-state index contributed by atoms with van der Waals surface area (Å²) in [4.78, 5) is 40.7. The molecule has 1 aliphatic heterocycles. The second-order valence-corrected chi connectivity index (χ2v) is 13.3. The highest BCUT2D eigenvalue weighted by atomic mass is 16.5. The van der Waals surface area contributed by atoms with Crippen LogP contribution < -0.4 is 4.90 Å². The van der Waals surface area contributed by atoms with Crippen LogP contribution in [0.3, 0.4) is 0 Å². The molecule has 4 aliphatic carbocycles. The van der Waals surface area contributed by atoms with Crippen molar-refractivity contribution in [1.82, 2.24) is 0 Å². The fourth-order valence-corrected chi connectivity index (χ4v) is 9.41. The van der Waals surface area contributed by atoms with Gasteiger partial charge in [0.15, 0.2) is 18.2 Å². The molecule has 41 heavy (non-hydrogen) atoms. The average molecular weight is 554 g/mol. The highest BCUT2D eigenvalue weighted by molar-refractivity contribution is 5.93. The van der Waals surface area contributed by atoms with Crippen LogP contribution in [0.2, 0.25) is 0 Å². The SMILES string of the molecule is CC#C[C@]1(C(=O)COC(C)=O)CC[C@H]2[C@@H]3CC(C)C4=CC(=O)CCC4=C3C(c3ccc(N4CCCC4)cc3)C[C@@]21C. The summed E-state index contributed by atoms with van der Waals surface area (Å²) in [5.74, 6) is 7.45. The summed E-state index contributed by atoms with van der Waals surface area (Å²) >= 11 is 0. The van der Waals surface area contributed by atoms with Crippen molar-refractivity contribution in [3.8, 4) is 11.8 Å². The number of benzene rings is 1. The lowest BCUT2D eigenvalue weighted by atomic mass is 9.47. The van der Waals surface area contributed by atoms with Crippen molar-refractivity contribution in [3.05, 3.63) is 52.6 Å². The quantitative estimate of drug-likeness (QED) is 0.305. The zero-order valence-electron chi connectivity index (χ0n) is 25.1. The maximum Gasteiger partial charge on any atom is 0.303 e. The Balaban J connectivity index is 1.48. The fourth-order valence-electron chi connectivity index (χ4n) is 9.41. The first-order valence-corrected chi connectivity index (χ1v) is 15.6. The lowest BCUT2D eigenvalue weighted by Crippen LogP contribution is -2.52. The molecule has 2 unspecified atom stereocenters. The Morgan fingerprint density at radius 3 is 2.54 bits per heavy atom. The van der Waals surface area contributed by atoms with Gasteiger partial charge in [0.25, 0.3) is 0 Å². The maximum absolute atomic E-state index is 14.0. The predicted molar refractivity (Wildman–Crippen MR) is 160 cm³/mol. The molecule has 2 saturated carbocycles. The highest BCUT2D eigenvalue weighted by Crippen LogP contribution is 2.70. The van der Waals surface area contributed by atoms with E-state index in [0.717, 1.165) is 38.8 Å². The van der Waals surface area contributed by atoms with Crippen LogP contribution in [0, 0.1) is 40.4 Å². The first-order chi connectivity index (χ1) is 19.7. The van der Waals surface area contributed by atoms with Gasteiger partial charge in [-0.2, -0.15) is 0 Å². The molecule has 0 N–H and O–H groups in total. The number of ketones is 2. The van der Waals surface area contributed by atoms with Gasteiger partial charge >= 0.3 is 5.97 Å². The summed E-state index contributed by atoms with van der Waals surface area (Å²) in [7, 11) is 0. The van der Waals surface area contributed by atoms with Gasteiger partial charge in [-0.15, -0.1) is 5.92 Å². The van der Waals surface area contributed by atoms with Crippen LogP contribution in [-0.4, -0.2) is 37.2 Å². The molecule has 3 fully saturated rings. The zero-order chi connectivity index (χ0) is 28.9. The Morgan fingerprint density at radius 2 is 1.85 bits per heavy atom. The van der Waals surface area contributed by atoms with Crippen molar-refractivity contribution < 1.29 is 19.1 Å². The molecule has 5 heteroatoms. The van der Waals surface area contributed by atoms with Crippen molar-refractivity contribution in [2.75, 3.05) is 24.6 Å². The summed E-state index contributed by atoms with van der Waals surface area (Å²) in [5, 5.41) is 0. The van der Waals surface area contributed by atoms with E-state index in [1.165, 1.54) is 47.7 Å². The van der Waals surface area contributed by atoms with E-state index in [1.54, 1.807) is 0 Å². The van der Waals surface area contributed by atoms with E-state index < -0.39 is 11.4 Å². The third-order valence-electron chi connectivity index (χ3n) is 11.3. The second-order valence-electron chi connectivity index (χ2n) is 13.3. The lowest BCUT2D eigenvalue weighted by molar-refractivity contribution is -0.150. The van der Waals surface area contributed by atoms with Crippen LogP contribution in [0.1, 0.15) is 90.5 Å². The Labute approximate surface area is 244 Å². The number of hydrogen-bond donors (Lipinski definition) is 0. The fraction of sp³-hybridized carbons (Fsp3) is 0.583. The number of fused-ring (bicyclic) bond motifs is 4. The number of rotatable bonds is 5. The maximum atomic E-state index is 14.0. The minimum Gasteiger partial charge on any atom is -0.458 e. The average Bonchev–Trinajstić information content (AvgIpc) is 3.59. The van der Waals surface area contributed by atoms with Gasteiger partial charge < -0.3 is 9.64 Å². The van der Waals surface area contributed by atoms with Gasteiger partial charge in [0.05, 0.1) is 5.41 Å². The number of ether oxygens (including phenoxy) is 1. The Hall–Kier alpha value is -3.13. The van der Waals surface area contributed by atoms with Crippen molar-refractivity contribution in [3.63, 3.8) is 0 Å². The van der Waals surface area contributed by atoms with E-state index >= 15 is 0 Å². The standard InChI is InChI=1S/C36H43NO4/c1-5-15-36(33(40)22-41-24(3)38)16-14-32-30-19-23(2)29-20-27(39)12-13-28(29)34(30)31(21-35(32,36)4)25-8-10-26(11-9-25)37-17-6-7-18-37/h8-11,20,23,30-32H,6-7,12-14,16-19,21-22H2,1-4H3/t23?,30-,31?,32-,35-,36+/m0/s1. The number of allylic oxidation sites excluding steroid dienone is 4. The van der Waals surface area contributed by atoms with Crippen LogP contribution in [0.4, 0.5) is 5.69 Å². The van der Waals surface area contributed by atoms with Crippen molar-refractivity contribution in [2.45, 2.75) is 85.0 Å². The Bertz CT molecular complexity index is 1380. The van der Waals surface area contributed by atoms with Crippen LogP contribution in [0.5, 0.6) is 0 Å². The third-order valence-corrected chi connectivity index (χ3v) is 11.3. The molecule has 0 amide bonds. The summed E-state index contributed by atoms with van der Waals surface area (Å²) in [6, 6.07) is 9.18. The molecule has 1 heterocycles. The molecular formula is C36H43NO4. The van der Waals surface area contributed by atoms with Crippen LogP contribution in [-0.2, 0) is 19.1 Å². The number of carbonyl (C=O) groups excluding carboxylic acids is 3. The van der Waals surface area contributed by atoms with Gasteiger partial charge in [-0.3, -0.25) is 14.4 Å². The highest BCUT2D eigenvalue weighted by Gasteiger charge is 2.65. The summed E-state index contributed by atoms with van der Waals surface area (Å²) in [5.41, 5.74) is 5.56. The molecule has 6 atom stereocenters. The normalized spacial score (nSPS) is 34.2. The Kier molecular flexibility index (Phi) is 7.25. The molecule has 6 rings (SSSR count). The molecule has 1 aromatic carbocycles.